The van der Waals surface area contributed by atoms with E-state index in [1.807, 2.05) is 0 Å². The first-order valence-corrected chi connectivity index (χ1v) is 3.60. The number of alkyl halides is 3. The van der Waals surface area contributed by atoms with Gasteiger partial charge in [-0.1, -0.05) is 0 Å². The van der Waals surface area contributed by atoms with Gasteiger partial charge in [-0.25, -0.2) is 5.84 Å². The van der Waals surface area contributed by atoms with Gasteiger partial charge >= 0.3 is 6.18 Å². The van der Waals surface area contributed by atoms with Gasteiger partial charge in [0.15, 0.2) is 0 Å². The Morgan fingerprint density at radius 2 is 2.00 bits per heavy atom. The molecule has 0 aromatic rings. The Balaban J connectivity index is 4.49. The van der Waals surface area contributed by atoms with E-state index >= 15 is 0 Å². The average Bonchev–Trinajstić information content (AvgIpc) is 2.01. The summed E-state index contributed by atoms with van der Waals surface area (Å²) in [4.78, 5) is 10.9. The van der Waals surface area contributed by atoms with Crippen molar-refractivity contribution in [2.75, 3.05) is 6.54 Å². The summed E-state index contributed by atoms with van der Waals surface area (Å²) in [6.45, 7) is 2.55. The highest BCUT2D eigenvalue weighted by molar-refractivity contribution is 5.87. The Bertz CT molecular complexity index is 222. The molecule has 0 aromatic heterocycles. The van der Waals surface area contributed by atoms with Crippen LogP contribution in [-0.2, 0) is 4.79 Å². The molecule has 1 amide bonds. The van der Waals surface area contributed by atoms with E-state index in [0.29, 0.717) is 11.1 Å². The van der Waals surface area contributed by atoms with Crippen LogP contribution in [0.5, 0.6) is 0 Å². The minimum absolute atomic E-state index is 0.167. The number of nitrogens with zero attached hydrogens (tertiary/aromatic N) is 1. The molecule has 0 rings (SSSR count). The van der Waals surface area contributed by atoms with Gasteiger partial charge in [0.25, 0.3) is 5.91 Å². The molecule has 0 atom stereocenters. The van der Waals surface area contributed by atoms with Crippen LogP contribution in [0.1, 0.15) is 13.8 Å². The van der Waals surface area contributed by atoms with Gasteiger partial charge in [0.05, 0.1) is 0 Å². The quantitative estimate of drug-likeness (QED) is 0.312. The van der Waals surface area contributed by atoms with Crippen molar-refractivity contribution in [3.8, 4) is 0 Å². The summed E-state index contributed by atoms with van der Waals surface area (Å²) in [5.74, 6) is 4.23. The molecule has 0 unspecified atom stereocenters. The van der Waals surface area contributed by atoms with Crippen molar-refractivity contribution in [2.24, 2.45) is 5.84 Å². The standard InChI is InChI=1S/C7H11F3N2O/c1-3-12(11)6(13)4-5(2)7(8,9)10/h4H,3,11H2,1-2H3/b5-4+. The topological polar surface area (TPSA) is 46.3 Å². The van der Waals surface area contributed by atoms with Crippen LogP contribution in [0.2, 0.25) is 0 Å². The number of rotatable bonds is 2. The molecule has 76 valence electrons. The molecule has 13 heavy (non-hydrogen) atoms. The van der Waals surface area contributed by atoms with Crippen molar-refractivity contribution in [3.05, 3.63) is 11.6 Å². The third-order valence-electron chi connectivity index (χ3n) is 1.41. The zero-order valence-corrected chi connectivity index (χ0v) is 7.35. The first-order valence-electron chi connectivity index (χ1n) is 3.60. The van der Waals surface area contributed by atoms with Crippen LogP contribution in [-0.4, -0.2) is 23.6 Å². The number of amides is 1. The monoisotopic (exact) mass is 196 g/mol. The number of nitrogens with two attached hydrogens (primary N) is 1. The minimum atomic E-state index is -4.47. The molecule has 0 heterocycles. The lowest BCUT2D eigenvalue weighted by Crippen LogP contribution is -2.36. The fourth-order valence-electron chi connectivity index (χ4n) is 0.506. The lowest BCUT2D eigenvalue weighted by molar-refractivity contribution is -0.127. The summed E-state index contributed by atoms with van der Waals surface area (Å²) < 4.78 is 35.7. The SMILES string of the molecule is CCN(N)C(=O)/C=C(\C)C(F)(F)F. The molecule has 3 nitrogen and oxygen atoms in total. The number of halogens is 3. The first kappa shape index (κ1) is 12.0. The largest absolute Gasteiger partial charge is 0.412 e. The Morgan fingerprint density at radius 3 is 2.31 bits per heavy atom. The van der Waals surface area contributed by atoms with E-state index in [2.05, 4.69) is 0 Å². The third-order valence-corrected chi connectivity index (χ3v) is 1.41. The molecule has 2 N–H and O–H groups in total. The van der Waals surface area contributed by atoms with Crippen molar-refractivity contribution < 1.29 is 18.0 Å². The van der Waals surface area contributed by atoms with Gasteiger partial charge in [-0.2, -0.15) is 13.2 Å². The van der Waals surface area contributed by atoms with E-state index in [-0.39, 0.29) is 6.54 Å². The van der Waals surface area contributed by atoms with Crippen LogP contribution in [0.3, 0.4) is 0 Å². The zero-order chi connectivity index (χ0) is 10.6. The Labute approximate surface area is 74.0 Å². The summed E-state index contributed by atoms with van der Waals surface area (Å²) in [7, 11) is 0. The second kappa shape index (κ2) is 4.27. The van der Waals surface area contributed by atoms with Gasteiger partial charge in [0, 0.05) is 18.2 Å². The van der Waals surface area contributed by atoms with Crippen LogP contribution in [0.15, 0.2) is 11.6 Å². The summed E-state index contributed by atoms with van der Waals surface area (Å²) in [6, 6.07) is 0. The van der Waals surface area contributed by atoms with Gasteiger partial charge in [-0.15, -0.1) is 0 Å². The second-order valence-corrected chi connectivity index (χ2v) is 2.45. The number of hydrazine groups is 1. The lowest BCUT2D eigenvalue weighted by Gasteiger charge is -2.12. The lowest BCUT2D eigenvalue weighted by atomic mass is 10.2. The summed E-state index contributed by atoms with van der Waals surface area (Å²) >= 11 is 0. The fraction of sp³-hybridized carbons (Fsp3) is 0.571. The minimum Gasteiger partial charge on any atom is -0.277 e. The normalized spacial score (nSPS) is 12.9. The maximum atomic E-state index is 11.9. The average molecular weight is 196 g/mol. The summed E-state index contributed by atoms with van der Waals surface area (Å²) in [6.07, 6.45) is -3.99. The van der Waals surface area contributed by atoms with Crippen molar-refractivity contribution >= 4 is 5.91 Å². The summed E-state index contributed by atoms with van der Waals surface area (Å²) in [5, 5.41) is 0.704. The molecule has 0 fully saturated rings. The predicted octanol–water partition coefficient (Wildman–Crippen LogP) is 1.22. The van der Waals surface area contributed by atoms with E-state index in [9.17, 15) is 18.0 Å². The fourth-order valence-corrected chi connectivity index (χ4v) is 0.506. The molecule has 0 saturated heterocycles. The number of hydrogen-bond acceptors (Lipinski definition) is 2. The van der Waals surface area contributed by atoms with Gasteiger partial charge < -0.3 is 0 Å². The maximum Gasteiger partial charge on any atom is 0.412 e. The van der Waals surface area contributed by atoms with E-state index < -0.39 is 17.7 Å². The zero-order valence-electron chi connectivity index (χ0n) is 7.35. The number of allylic oxidation sites excluding steroid dienone is 1. The molecule has 0 radical (unpaired) electrons. The van der Waals surface area contributed by atoms with Crippen molar-refractivity contribution in [1.82, 2.24) is 5.01 Å². The molecular formula is C7H11F3N2O. The number of likely N-dealkylation sites (N-methyl/N-ethyl adjacent to an activating group) is 1. The predicted molar refractivity (Wildman–Crippen MR) is 41.4 cm³/mol. The Kier molecular flexibility index (Phi) is 3.93. The summed E-state index contributed by atoms with van der Waals surface area (Å²) in [5.41, 5.74) is -0.957. The van der Waals surface area contributed by atoms with Gasteiger partial charge in [-0.3, -0.25) is 9.80 Å². The molecule has 0 aliphatic heterocycles. The highest BCUT2D eigenvalue weighted by Gasteiger charge is 2.30. The van der Waals surface area contributed by atoms with Crippen molar-refractivity contribution in [3.63, 3.8) is 0 Å². The molecule has 0 bridgehead atoms. The molecule has 0 aliphatic carbocycles. The number of hydrogen-bond donors (Lipinski definition) is 1. The van der Waals surface area contributed by atoms with Crippen LogP contribution in [0, 0.1) is 0 Å². The van der Waals surface area contributed by atoms with Gasteiger partial charge in [0.1, 0.15) is 0 Å². The van der Waals surface area contributed by atoms with E-state index in [0.717, 1.165) is 6.92 Å². The molecule has 0 saturated carbocycles. The third kappa shape index (κ3) is 3.93. The molecule has 6 heteroatoms. The highest BCUT2D eigenvalue weighted by atomic mass is 19.4. The number of carbonyl (C=O) groups excluding carboxylic acids is 1. The Hall–Kier alpha value is -1.04. The molecular weight excluding hydrogens is 185 g/mol. The van der Waals surface area contributed by atoms with Crippen LogP contribution in [0.4, 0.5) is 13.2 Å². The van der Waals surface area contributed by atoms with E-state index in [4.69, 9.17) is 5.84 Å². The van der Waals surface area contributed by atoms with E-state index in [1.54, 1.807) is 6.92 Å². The molecule has 0 aromatic carbocycles. The molecule has 0 spiro atoms. The van der Waals surface area contributed by atoms with E-state index in [1.165, 1.54) is 0 Å². The number of carbonyl (C=O) groups is 1. The molecule has 0 aliphatic rings. The second-order valence-electron chi connectivity index (χ2n) is 2.45. The van der Waals surface area contributed by atoms with Crippen molar-refractivity contribution in [1.29, 1.82) is 0 Å². The maximum absolute atomic E-state index is 11.9. The van der Waals surface area contributed by atoms with Crippen molar-refractivity contribution in [2.45, 2.75) is 20.0 Å². The van der Waals surface area contributed by atoms with Gasteiger partial charge in [-0.05, 0) is 13.8 Å². The van der Waals surface area contributed by atoms with Crippen LogP contribution >= 0.6 is 0 Å². The Morgan fingerprint density at radius 1 is 1.54 bits per heavy atom. The highest BCUT2D eigenvalue weighted by Crippen LogP contribution is 2.24. The smallest absolute Gasteiger partial charge is 0.277 e. The first-order chi connectivity index (χ1) is 5.79. The van der Waals surface area contributed by atoms with Crippen LogP contribution < -0.4 is 5.84 Å². The van der Waals surface area contributed by atoms with Gasteiger partial charge in [0.2, 0.25) is 0 Å². The van der Waals surface area contributed by atoms with Crippen LogP contribution in [0.25, 0.3) is 0 Å².